The first kappa shape index (κ1) is 15.1. The lowest BCUT2D eigenvalue weighted by Gasteiger charge is -2.59. The summed E-state index contributed by atoms with van der Waals surface area (Å²) in [5, 5.41) is 3.87. The monoisotopic (exact) mass is 327 g/mol. The Morgan fingerprint density at radius 1 is 1.00 bits per heavy atom. The number of fused-ring (bicyclic) bond motifs is 1. The second kappa shape index (κ2) is 5.66. The molecule has 4 saturated carbocycles. The highest BCUT2D eigenvalue weighted by molar-refractivity contribution is 5.43. The fourth-order valence-corrected chi connectivity index (χ4v) is 6.39. The standard InChI is InChI=1S/C21H29NO2/c1-14(21-10-16-6-17(11-21)8-18(7-16)12-21)22-13-15-2-3-19-20(9-15)24-5-4-23-19/h2-3,9,14,16-18,22H,4-8,10-13H2,1H3/t14-,16?,17?,18?,21?/m0/s1. The normalized spacial score (nSPS) is 37.5. The molecule has 0 radical (unpaired) electrons. The summed E-state index contributed by atoms with van der Waals surface area (Å²) in [6, 6.07) is 6.99. The van der Waals surface area contributed by atoms with Crippen LogP contribution in [-0.2, 0) is 6.54 Å². The van der Waals surface area contributed by atoms with E-state index in [4.69, 9.17) is 9.47 Å². The van der Waals surface area contributed by atoms with Crippen molar-refractivity contribution in [3.05, 3.63) is 23.8 Å². The maximum atomic E-state index is 5.72. The van der Waals surface area contributed by atoms with Gasteiger partial charge in [0.1, 0.15) is 13.2 Å². The summed E-state index contributed by atoms with van der Waals surface area (Å²) in [5.74, 6) is 4.86. The Morgan fingerprint density at radius 3 is 2.29 bits per heavy atom. The van der Waals surface area contributed by atoms with Gasteiger partial charge in [-0.1, -0.05) is 6.07 Å². The molecule has 4 aliphatic carbocycles. The van der Waals surface area contributed by atoms with Gasteiger partial charge in [-0.05, 0) is 86.3 Å². The van der Waals surface area contributed by atoms with Crippen molar-refractivity contribution in [1.29, 1.82) is 0 Å². The molecule has 5 aliphatic rings. The van der Waals surface area contributed by atoms with Gasteiger partial charge in [0.15, 0.2) is 11.5 Å². The summed E-state index contributed by atoms with van der Waals surface area (Å²) >= 11 is 0. The largest absolute Gasteiger partial charge is 0.486 e. The van der Waals surface area contributed by atoms with Gasteiger partial charge in [0.25, 0.3) is 0 Å². The molecule has 4 bridgehead atoms. The average molecular weight is 327 g/mol. The first-order valence-corrected chi connectivity index (χ1v) is 9.82. The lowest BCUT2D eigenvalue weighted by atomic mass is 9.48. The number of hydrogen-bond donors (Lipinski definition) is 1. The number of hydrogen-bond acceptors (Lipinski definition) is 3. The quantitative estimate of drug-likeness (QED) is 0.901. The molecule has 4 fully saturated rings. The van der Waals surface area contributed by atoms with E-state index < -0.39 is 0 Å². The summed E-state index contributed by atoms with van der Waals surface area (Å²) in [7, 11) is 0. The van der Waals surface area contributed by atoms with Crippen molar-refractivity contribution in [2.75, 3.05) is 13.2 Å². The number of ether oxygens (including phenoxy) is 2. The van der Waals surface area contributed by atoms with E-state index in [0.717, 1.165) is 35.8 Å². The Kier molecular flexibility index (Phi) is 3.55. The Hall–Kier alpha value is -1.22. The zero-order chi connectivity index (χ0) is 16.1. The molecule has 0 amide bonds. The van der Waals surface area contributed by atoms with Gasteiger partial charge in [0.2, 0.25) is 0 Å². The van der Waals surface area contributed by atoms with Crippen LogP contribution >= 0.6 is 0 Å². The highest BCUT2D eigenvalue weighted by Gasteiger charge is 2.52. The first-order chi connectivity index (χ1) is 11.7. The molecule has 3 nitrogen and oxygen atoms in total. The molecule has 1 N–H and O–H groups in total. The van der Waals surface area contributed by atoms with Crippen molar-refractivity contribution in [2.45, 2.75) is 58.0 Å². The van der Waals surface area contributed by atoms with Crippen LogP contribution in [0.4, 0.5) is 0 Å². The highest BCUT2D eigenvalue weighted by Crippen LogP contribution is 2.61. The van der Waals surface area contributed by atoms with Gasteiger partial charge < -0.3 is 14.8 Å². The van der Waals surface area contributed by atoms with Crippen molar-refractivity contribution >= 4 is 0 Å². The third-order valence-electron chi connectivity index (χ3n) is 7.22. The van der Waals surface area contributed by atoms with Crippen LogP contribution in [0.25, 0.3) is 0 Å². The summed E-state index contributed by atoms with van der Waals surface area (Å²) in [4.78, 5) is 0. The average Bonchev–Trinajstić information content (AvgIpc) is 2.58. The number of nitrogens with one attached hydrogen (secondary N) is 1. The third kappa shape index (κ3) is 2.52. The summed E-state index contributed by atoms with van der Waals surface area (Å²) in [6.07, 6.45) is 8.97. The molecule has 130 valence electrons. The fourth-order valence-electron chi connectivity index (χ4n) is 6.39. The van der Waals surface area contributed by atoms with Crippen LogP contribution < -0.4 is 14.8 Å². The Bertz CT molecular complexity index is 591. The minimum atomic E-state index is 0.572. The predicted molar refractivity (Wildman–Crippen MR) is 94.3 cm³/mol. The zero-order valence-electron chi connectivity index (χ0n) is 14.7. The molecular formula is C21H29NO2. The molecule has 1 aromatic rings. The van der Waals surface area contributed by atoms with E-state index in [1.807, 2.05) is 0 Å². The highest BCUT2D eigenvalue weighted by atomic mass is 16.6. The van der Waals surface area contributed by atoms with E-state index in [9.17, 15) is 0 Å². The van der Waals surface area contributed by atoms with Gasteiger partial charge in [-0.15, -0.1) is 0 Å². The van der Waals surface area contributed by atoms with Crippen molar-refractivity contribution in [2.24, 2.45) is 23.2 Å². The summed E-state index contributed by atoms with van der Waals surface area (Å²) in [5.41, 5.74) is 1.87. The van der Waals surface area contributed by atoms with Crippen LogP contribution in [0.15, 0.2) is 18.2 Å². The van der Waals surface area contributed by atoms with E-state index in [-0.39, 0.29) is 0 Å². The Morgan fingerprint density at radius 2 is 1.62 bits per heavy atom. The van der Waals surface area contributed by atoms with Crippen LogP contribution in [0.1, 0.15) is 51.0 Å². The van der Waals surface area contributed by atoms with E-state index >= 15 is 0 Å². The molecule has 6 rings (SSSR count). The fraction of sp³-hybridized carbons (Fsp3) is 0.714. The number of benzene rings is 1. The van der Waals surface area contributed by atoms with Gasteiger partial charge in [-0.3, -0.25) is 0 Å². The lowest BCUT2D eigenvalue weighted by molar-refractivity contribution is -0.0706. The SMILES string of the molecule is C[C@H](NCc1ccc2c(c1)OCCO2)C12CC3CC(CC(C3)C1)C2. The van der Waals surface area contributed by atoms with Gasteiger partial charge in [-0.2, -0.15) is 0 Å². The van der Waals surface area contributed by atoms with Gasteiger partial charge in [-0.25, -0.2) is 0 Å². The molecule has 1 aromatic carbocycles. The second-order valence-electron chi connectivity index (χ2n) is 8.86. The second-order valence-corrected chi connectivity index (χ2v) is 8.86. The van der Waals surface area contributed by atoms with Crippen molar-refractivity contribution in [3.63, 3.8) is 0 Å². The molecule has 3 heteroatoms. The smallest absolute Gasteiger partial charge is 0.161 e. The van der Waals surface area contributed by atoms with Gasteiger partial charge in [0, 0.05) is 12.6 Å². The molecular weight excluding hydrogens is 298 g/mol. The zero-order valence-corrected chi connectivity index (χ0v) is 14.7. The third-order valence-corrected chi connectivity index (χ3v) is 7.22. The van der Waals surface area contributed by atoms with Crippen molar-refractivity contribution in [3.8, 4) is 11.5 Å². The molecule has 1 aliphatic heterocycles. The maximum Gasteiger partial charge on any atom is 0.161 e. The predicted octanol–water partition coefficient (Wildman–Crippen LogP) is 4.15. The van der Waals surface area contributed by atoms with E-state index in [1.165, 1.54) is 44.1 Å². The Balaban J connectivity index is 1.27. The molecule has 0 spiro atoms. The van der Waals surface area contributed by atoms with Crippen molar-refractivity contribution in [1.82, 2.24) is 5.32 Å². The molecule has 0 aromatic heterocycles. The minimum absolute atomic E-state index is 0.572. The van der Waals surface area contributed by atoms with Crippen LogP contribution in [0.3, 0.4) is 0 Å². The molecule has 0 saturated heterocycles. The number of rotatable bonds is 4. The molecule has 24 heavy (non-hydrogen) atoms. The van der Waals surface area contributed by atoms with Crippen LogP contribution in [-0.4, -0.2) is 19.3 Å². The van der Waals surface area contributed by atoms with E-state index in [0.29, 0.717) is 24.7 Å². The van der Waals surface area contributed by atoms with E-state index in [1.54, 1.807) is 0 Å². The molecule has 1 atom stereocenters. The van der Waals surface area contributed by atoms with E-state index in [2.05, 4.69) is 30.4 Å². The Labute approximate surface area is 145 Å². The van der Waals surface area contributed by atoms with Crippen LogP contribution in [0.2, 0.25) is 0 Å². The molecule has 0 unspecified atom stereocenters. The van der Waals surface area contributed by atoms with Gasteiger partial charge >= 0.3 is 0 Å². The van der Waals surface area contributed by atoms with Crippen LogP contribution in [0, 0.1) is 23.2 Å². The van der Waals surface area contributed by atoms with Crippen molar-refractivity contribution < 1.29 is 9.47 Å². The summed E-state index contributed by atoms with van der Waals surface area (Å²) < 4.78 is 11.3. The lowest BCUT2D eigenvalue weighted by Crippen LogP contribution is -2.54. The van der Waals surface area contributed by atoms with Crippen LogP contribution in [0.5, 0.6) is 11.5 Å². The molecule has 1 heterocycles. The van der Waals surface area contributed by atoms with Gasteiger partial charge in [0.05, 0.1) is 0 Å². The first-order valence-electron chi connectivity index (χ1n) is 9.82. The topological polar surface area (TPSA) is 30.5 Å². The summed E-state index contributed by atoms with van der Waals surface area (Å²) in [6.45, 7) is 4.69. The maximum absolute atomic E-state index is 5.72. The minimum Gasteiger partial charge on any atom is -0.486 e.